The molecule has 0 heterocycles. The number of nitrogens with two attached hydrogens (primary N) is 1. The summed E-state index contributed by atoms with van der Waals surface area (Å²) in [6.07, 6.45) is 1.85. The fourth-order valence-corrected chi connectivity index (χ4v) is 1.43. The van der Waals surface area contributed by atoms with Crippen molar-refractivity contribution < 1.29 is 9.53 Å². The molecular formula is C10H23N3O2. The Morgan fingerprint density at radius 3 is 2.67 bits per heavy atom. The van der Waals surface area contributed by atoms with Gasteiger partial charge < -0.3 is 21.1 Å². The lowest BCUT2D eigenvalue weighted by Gasteiger charge is -2.21. The zero-order valence-corrected chi connectivity index (χ0v) is 9.88. The number of likely N-dealkylation sites (N-methyl/N-ethyl adjacent to an activating group) is 1. The highest BCUT2D eigenvalue weighted by Gasteiger charge is 2.16. The van der Waals surface area contributed by atoms with E-state index >= 15 is 0 Å². The first kappa shape index (κ1) is 14.3. The molecular weight excluding hydrogens is 194 g/mol. The lowest BCUT2D eigenvalue weighted by Crippen LogP contribution is -2.47. The maximum Gasteiger partial charge on any atom is 0.236 e. The van der Waals surface area contributed by atoms with Crippen LogP contribution >= 0.6 is 0 Å². The number of hydrogen-bond acceptors (Lipinski definition) is 4. The third-order valence-electron chi connectivity index (χ3n) is 2.25. The summed E-state index contributed by atoms with van der Waals surface area (Å²) in [4.78, 5) is 11.3. The number of nitrogens with one attached hydrogen (secondary N) is 2. The van der Waals surface area contributed by atoms with Crippen molar-refractivity contribution >= 4 is 5.91 Å². The third-order valence-corrected chi connectivity index (χ3v) is 2.25. The van der Waals surface area contributed by atoms with E-state index in [-0.39, 0.29) is 18.0 Å². The first-order chi connectivity index (χ1) is 7.15. The van der Waals surface area contributed by atoms with E-state index in [0.717, 1.165) is 12.8 Å². The highest BCUT2D eigenvalue weighted by Crippen LogP contribution is 1.98. The molecule has 15 heavy (non-hydrogen) atoms. The molecule has 90 valence electrons. The van der Waals surface area contributed by atoms with E-state index < -0.39 is 0 Å². The van der Waals surface area contributed by atoms with Gasteiger partial charge >= 0.3 is 0 Å². The molecule has 5 nitrogen and oxygen atoms in total. The van der Waals surface area contributed by atoms with Crippen LogP contribution in [0.5, 0.6) is 0 Å². The molecule has 0 rings (SSSR count). The molecule has 0 aliphatic carbocycles. The molecule has 0 radical (unpaired) electrons. The third kappa shape index (κ3) is 6.43. The van der Waals surface area contributed by atoms with Gasteiger partial charge in [0, 0.05) is 20.2 Å². The quantitative estimate of drug-likeness (QED) is 0.510. The van der Waals surface area contributed by atoms with E-state index in [0.29, 0.717) is 13.2 Å². The second-order valence-electron chi connectivity index (χ2n) is 3.59. The van der Waals surface area contributed by atoms with Gasteiger partial charge in [-0.2, -0.15) is 0 Å². The Labute approximate surface area is 91.7 Å². The molecule has 1 amide bonds. The van der Waals surface area contributed by atoms with Gasteiger partial charge in [-0.3, -0.25) is 4.79 Å². The zero-order chi connectivity index (χ0) is 11.7. The highest BCUT2D eigenvalue weighted by atomic mass is 16.5. The predicted octanol–water partition coefficient (Wildman–Crippen LogP) is -0.536. The van der Waals surface area contributed by atoms with Gasteiger partial charge in [0.25, 0.3) is 0 Å². The van der Waals surface area contributed by atoms with Gasteiger partial charge in [0.2, 0.25) is 5.91 Å². The molecule has 2 atom stereocenters. The number of rotatable bonds is 8. The van der Waals surface area contributed by atoms with Gasteiger partial charge in [0.05, 0.1) is 12.6 Å². The molecule has 0 aliphatic rings. The summed E-state index contributed by atoms with van der Waals surface area (Å²) in [5, 5.41) is 5.81. The largest absolute Gasteiger partial charge is 0.383 e. The number of amides is 1. The van der Waals surface area contributed by atoms with Crippen molar-refractivity contribution in [3.8, 4) is 0 Å². The topological polar surface area (TPSA) is 76.4 Å². The van der Waals surface area contributed by atoms with Crippen molar-refractivity contribution in [1.29, 1.82) is 0 Å². The summed E-state index contributed by atoms with van der Waals surface area (Å²) in [6.45, 7) is 3.10. The van der Waals surface area contributed by atoms with Gasteiger partial charge in [-0.25, -0.2) is 0 Å². The Morgan fingerprint density at radius 1 is 1.53 bits per heavy atom. The number of methoxy groups -OCH3 is 1. The van der Waals surface area contributed by atoms with Crippen LogP contribution in [0.15, 0.2) is 0 Å². The van der Waals surface area contributed by atoms with E-state index in [1.165, 1.54) is 0 Å². The minimum absolute atomic E-state index is 0.0103. The Bertz CT molecular complexity index is 176. The maximum absolute atomic E-state index is 11.3. The van der Waals surface area contributed by atoms with Gasteiger partial charge in [-0.05, 0) is 26.3 Å². The summed E-state index contributed by atoms with van der Waals surface area (Å²) in [5.74, 6) is -0.0103. The van der Waals surface area contributed by atoms with Crippen molar-refractivity contribution in [2.75, 3.05) is 27.3 Å². The summed E-state index contributed by atoms with van der Waals surface area (Å²) in [5.41, 5.74) is 5.44. The van der Waals surface area contributed by atoms with Crippen LogP contribution in [0.2, 0.25) is 0 Å². The molecule has 4 N–H and O–H groups in total. The zero-order valence-electron chi connectivity index (χ0n) is 9.88. The second-order valence-corrected chi connectivity index (χ2v) is 3.59. The Morgan fingerprint density at radius 2 is 2.20 bits per heavy atom. The minimum Gasteiger partial charge on any atom is -0.383 e. The molecule has 2 unspecified atom stereocenters. The molecule has 0 saturated heterocycles. The second kappa shape index (κ2) is 8.64. The molecule has 0 bridgehead atoms. The van der Waals surface area contributed by atoms with Gasteiger partial charge in [0.15, 0.2) is 0 Å². The summed E-state index contributed by atoms with van der Waals surface area (Å²) < 4.78 is 5.08. The van der Waals surface area contributed by atoms with Crippen LogP contribution in [-0.4, -0.2) is 45.3 Å². The Kier molecular flexibility index (Phi) is 8.27. The van der Waals surface area contributed by atoms with E-state index in [2.05, 4.69) is 10.6 Å². The van der Waals surface area contributed by atoms with Gasteiger partial charge in [-0.15, -0.1) is 0 Å². The van der Waals surface area contributed by atoms with Crippen LogP contribution in [0.4, 0.5) is 0 Å². The molecule has 0 saturated carbocycles. The van der Waals surface area contributed by atoms with Crippen molar-refractivity contribution in [1.82, 2.24) is 10.6 Å². The van der Waals surface area contributed by atoms with Gasteiger partial charge in [0.1, 0.15) is 0 Å². The summed E-state index contributed by atoms with van der Waals surface area (Å²) >= 11 is 0. The maximum atomic E-state index is 11.3. The minimum atomic E-state index is -0.201. The monoisotopic (exact) mass is 217 g/mol. The van der Waals surface area contributed by atoms with E-state index in [1.807, 2.05) is 6.92 Å². The normalized spacial score (nSPS) is 14.7. The molecule has 0 spiro atoms. The van der Waals surface area contributed by atoms with E-state index in [9.17, 15) is 4.79 Å². The Hall–Kier alpha value is -0.650. The number of carbonyl (C=O) groups excluding carboxylic acids is 1. The van der Waals surface area contributed by atoms with Crippen molar-refractivity contribution in [2.45, 2.75) is 31.8 Å². The van der Waals surface area contributed by atoms with Gasteiger partial charge in [-0.1, -0.05) is 0 Å². The fourth-order valence-electron chi connectivity index (χ4n) is 1.43. The summed E-state index contributed by atoms with van der Waals surface area (Å²) in [6, 6.07) is -0.0150. The van der Waals surface area contributed by atoms with Crippen LogP contribution < -0.4 is 16.4 Å². The van der Waals surface area contributed by atoms with Crippen LogP contribution in [0.3, 0.4) is 0 Å². The van der Waals surface area contributed by atoms with Crippen LogP contribution in [-0.2, 0) is 9.53 Å². The summed E-state index contributed by atoms with van der Waals surface area (Å²) in [7, 11) is 3.29. The average Bonchev–Trinajstić information content (AvgIpc) is 2.24. The van der Waals surface area contributed by atoms with Crippen LogP contribution in [0, 0.1) is 0 Å². The van der Waals surface area contributed by atoms with Crippen molar-refractivity contribution in [3.63, 3.8) is 0 Å². The lowest BCUT2D eigenvalue weighted by atomic mass is 10.1. The van der Waals surface area contributed by atoms with E-state index in [1.54, 1.807) is 14.2 Å². The van der Waals surface area contributed by atoms with Crippen molar-refractivity contribution in [2.24, 2.45) is 5.73 Å². The molecule has 0 aromatic carbocycles. The lowest BCUT2D eigenvalue weighted by molar-refractivity contribution is -0.122. The predicted molar refractivity (Wildman–Crippen MR) is 60.6 cm³/mol. The van der Waals surface area contributed by atoms with Crippen LogP contribution in [0.25, 0.3) is 0 Å². The number of hydrogen-bond donors (Lipinski definition) is 3. The van der Waals surface area contributed by atoms with Crippen molar-refractivity contribution in [3.05, 3.63) is 0 Å². The first-order valence-electron chi connectivity index (χ1n) is 5.32. The highest BCUT2D eigenvalue weighted by molar-refractivity contribution is 5.80. The standard InChI is InChI=1S/C10H23N3O2/c1-8(10(14)12-2)13-9(7-15-3)5-4-6-11/h8-9,13H,4-7,11H2,1-3H3,(H,12,14). The molecule has 0 aliphatic heterocycles. The molecule has 5 heteroatoms. The SMILES string of the molecule is CNC(=O)C(C)NC(CCCN)COC. The van der Waals surface area contributed by atoms with E-state index in [4.69, 9.17) is 10.5 Å². The van der Waals surface area contributed by atoms with Crippen LogP contribution in [0.1, 0.15) is 19.8 Å². The Balaban J connectivity index is 3.96. The molecule has 0 aromatic rings. The molecule has 0 fully saturated rings. The smallest absolute Gasteiger partial charge is 0.236 e. The number of carbonyl (C=O) groups is 1. The number of ether oxygens (including phenoxy) is 1. The first-order valence-corrected chi connectivity index (χ1v) is 5.32. The molecule has 0 aromatic heterocycles. The fraction of sp³-hybridized carbons (Fsp3) is 0.900. The average molecular weight is 217 g/mol.